The molecule has 0 fully saturated rings. The largest absolute Gasteiger partial charge is 0.452 e. The number of aromatic nitrogens is 1. The van der Waals surface area contributed by atoms with Crippen molar-refractivity contribution in [2.24, 2.45) is 0 Å². The summed E-state index contributed by atoms with van der Waals surface area (Å²) in [5.74, 6) is -1.31. The third kappa shape index (κ3) is 5.39. The lowest BCUT2D eigenvalue weighted by Gasteiger charge is -2.09. The number of nitro benzene ring substituents is 1. The van der Waals surface area contributed by atoms with E-state index in [4.69, 9.17) is 4.74 Å². The highest BCUT2D eigenvalue weighted by molar-refractivity contribution is 5.95. The molecule has 148 valence electrons. The van der Waals surface area contributed by atoms with Gasteiger partial charge in [0.05, 0.1) is 10.5 Å². The molecule has 0 aliphatic carbocycles. The normalized spacial score (nSPS) is 10.2. The number of carbonyl (C=O) groups is 2. The second-order valence-electron chi connectivity index (χ2n) is 5.84. The highest BCUT2D eigenvalue weighted by atomic mass is 16.6. The maximum absolute atomic E-state index is 12.1. The Bertz CT molecular complexity index is 1000. The van der Waals surface area contributed by atoms with Gasteiger partial charge in [-0.2, -0.15) is 0 Å². The van der Waals surface area contributed by atoms with Gasteiger partial charge in [-0.3, -0.25) is 14.9 Å². The molecule has 0 bridgehead atoms. The molecule has 0 atom stereocenters. The Labute approximate surface area is 164 Å². The molecule has 0 unspecified atom stereocenters. The van der Waals surface area contributed by atoms with Crippen molar-refractivity contribution in [3.05, 3.63) is 82.1 Å². The van der Waals surface area contributed by atoms with E-state index in [2.05, 4.69) is 20.3 Å². The molecule has 0 aliphatic rings. The average molecular weight is 396 g/mol. The summed E-state index contributed by atoms with van der Waals surface area (Å²) in [5.41, 5.74) is 0.890. The van der Waals surface area contributed by atoms with Crippen LogP contribution in [-0.2, 0) is 16.1 Å². The second-order valence-corrected chi connectivity index (χ2v) is 5.84. The number of esters is 1. The van der Waals surface area contributed by atoms with Crippen molar-refractivity contribution in [1.29, 1.82) is 0 Å². The summed E-state index contributed by atoms with van der Waals surface area (Å²) >= 11 is 0. The molecule has 2 aromatic carbocycles. The van der Waals surface area contributed by atoms with E-state index in [1.54, 1.807) is 0 Å². The Morgan fingerprint density at radius 3 is 2.62 bits per heavy atom. The molecule has 3 aromatic rings. The number of amides is 1. The number of nitro groups is 1. The number of hydrogen-bond donors (Lipinski definition) is 2. The molecule has 0 radical (unpaired) electrons. The van der Waals surface area contributed by atoms with Crippen molar-refractivity contribution in [2.45, 2.75) is 6.54 Å². The molecule has 0 spiro atoms. The van der Waals surface area contributed by atoms with Crippen molar-refractivity contribution in [3.8, 4) is 0 Å². The first-order chi connectivity index (χ1) is 14.0. The van der Waals surface area contributed by atoms with Crippen molar-refractivity contribution < 1.29 is 23.8 Å². The van der Waals surface area contributed by atoms with Gasteiger partial charge in [-0.25, -0.2) is 4.79 Å². The Morgan fingerprint density at radius 1 is 1.14 bits per heavy atom. The third-order valence-corrected chi connectivity index (χ3v) is 3.80. The van der Waals surface area contributed by atoms with Crippen LogP contribution in [0.15, 0.2) is 65.4 Å². The van der Waals surface area contributed by atoms with Crippen LogP contribution in [0.25, 0.3) is 0 Å². The van der Waals surface area contributed by atoms with Crippen LogP contribution >= 0.6 is 0 Å². The summed E-state index contributed by atoms with van der Waals surface area (Å²) < 4.78 is 9.45. The fourth-order valence-electron chi connectivity index (χ4n) is 2.42. The standard InChI is InChI=1S/C19H16N4O6/c24-18(21-17-8-9-29-22-17)12-28-19(25)14-6-7-15(16(10-14)23(26)27)20-11-13-4-2-1-3-5-13/h1-10,20H,11-12H2,(H,21,22,24). The Kier molecular flexibility index (Phi) is 6.15. The Hall–Kier alpha value is -4.21. The summed E-state index contributed by atoms with van der Waals surface area (Å²) in [6.45, 7) is -0.193. The molecule has 0 aliphatic heterocycles. The van der Waals surface area contributed by atoms with Gasteiger partial charge in [-0.15, -0.1) is 0 Å². The molecule has 1 heterocycles. The summed E-state index contributed by atoms with van der Waals surface area (Å²) in [7, 11) is 0. The minimum absolute atomic E-state index is 0.0452. The van der Waals surface area contributed by atoms with Gasteiger partial charge in [-0.1, -0.05) is 35.5 Å². The van der Waals surface area contributed by atoms with E-state index in [0.717, 1.165) is 11.6 Å². The van der Waals surface area contributed by atoms with Crippen molar-refractivity contribution in [2.75, 3.05) is 17.2 Å². The molecular weight excluding hydrogens is 380 g/mol. The quantitative estimate of drug-likeness (QED) is 0.337. The number of ether oxygens (including phenoxy) is 1. The molecule has 1 amide bonds. The zero-order valence-electron chi connectivity index (χ0n) is 15.0. The summed E-state index contributed by atoms with van der Waals surface area (Å²) in [6.07, 6.45) is 1.27. The number of nitrogens with one attached hydrogen (secondary N) is 2. The average Bonchev–Trinajstić information content (AvgIpc) is 3.24. The van der Waals surface area contributed by atoms with Crippen LogP contribution in [0, 0.1) is 10.1 Å². The zero-order chi connectivity index (χ0) is 20.6. The molecule has 10 heteroatoms. The van der Waals surface area contributed by atoms with Crippen LogP contribution in [0.1, 0.15) is 15.9 Å². The summed E-state index contributed by atoms with van der Waals surface area (Å²) in [4.78, 5) is 34.6. The lowest BCUT2D eigenvalue weighted by Crippen LogP contribution is -2.21. The minimum atomic E-state index is -0.863. The van der Waals surface area contributed by atoms with Crippen molar-refractivity contribution >= 4 is 29.1 Å². The molecule has 29 heavy (non-hydrogen) atoms. The number of nitrogens with zero attached hydrogens (tertiary/aromatic N) is 2. The zero-order valence-corrected chi connectivity index (χ0v) is 15.0. The monoisotopic (exact) mass is 396 g/mol. The molecule has 0 saturated carbocycles. The highest BCUT2D eigenvalue weighted by Crippen LogP contribution is 2.26. The van der Waals surface area contributed by atoms with Gasteiger partial charge in [-0.05, 0) is 17.7 Å². The van der Waals surface area contributed by atoms with Gasteiger partial charge in [0.2, 0.25) is 0 Å². The van der Waals surface area contributed by atoms with Crippen LogP contribution in [0.5, 0.6) is 0 Å². The van der Waals surface area contributed by atoms with Crippen molar-refractivity contribution in [1.82, 2.24) is 5.16 Å². The highest BCUT2D eigenvalue weighted by Gasteiger charge is 2.19. The van der Waals surface area contributed by atoms with Gasteiger partial charge in [0.25, 0.3) is 11.6 Å². The molecule has 2 N–H and O–H groups in total. The van der Waals surface area contributed by atoms with E-state index >= 15 is 0 Å². The lowest BCUT2D eigenvalue weighted by atomic mass is 10.1. The van der Waals surface area contributed by atoms with Crippen LogP contribution in [0.2, 0.25) is 0 Å². The molecule has 10 nitrogen and oxygen atoms in total. The first kappa shape index (κ1) is 19.5. The molecule has 1 aromatic heterocycles. The maximum Gasteiger partial charge on any atom is 0.338 e. The predicted octanol–water partition coefficient (Wildman–Crippen LogP) is 2.99. The fourth-order valence-corrected chi connectivity index (χ4v) is 2.42. The first-order valence-corrected chi connectivity index (χ1v) is 8.46. The number of rotatable bonds is 8. The van der Waals surface area contributed by atoms with E-state index < -0.39 is 23.4 Å². The van der Waals surface area contributed by atoms with E-state index in [0.29, 0.717) is 6.54 Å². The Balaban J connectivity index is 1.63. The maximum atomic E-state index is 12.1. The van der Waals surface area contributed by atoms with Crippen LogP contribution in [-0.4, -0.2) is 28.6 Å². The minimum Gasteiger partial charge on any atom is -0.452 e. The number of carbonyl (C=O) groups excluding carboxylic acids is 2. The van der Waals surface area contributed by atoms with E-state index in [-0.39, 0.29) is 22.8 Å². The number of hydrogen-bond acceptors (Lipinski definition) is 8. The van der Waals surface area contributed by atoms with E-state index in [9.17, 15) is 19.7 Å². The van der Waals surface area contributed by atoms with Gasteiger partial charge in [0.1, 0.15) is 12.0 Å². The number of benzene rings is 2. The summed E-state index contributed by atoms with van der Waals surface area (Å²) in [6, 6.07) is 14.7. The molecular formula is C19H16N4O6. The summed E-state index contributed by atoms with van der Waals surface area (Å²) in [5, 5.41) is 20.2. The smallest absolute Gasteiger partial charge is 0.338 e. The Morgan fingerprint density at radius 2 is 1.93 bits per heavy atom. The van der Waals surface area contributed by atoms with Crippen molar-refractivity contribution in [3.63, 3.8) is 0 Å². The topological polar surface area (TPSA) is 137 Å². The van der Waals surface area contributed by atoms with Crippen LogP contribution in [0.3, 0.4) is 0 Å². The molecule has 0 saturated heterocycles. The lowest BCUT2D eigenvalue weighted by molar-refractivity contribution is -0.384. The first-order valence-electron chi connectivity index (χ1n) is 8.46. The fraction of sp³-hybridized carbons (Fsp3) is 0.105. The van der Waals surface area contributed by atoms with Gasteiger partial charge in [0, 0.05) is 18.7 Å². The van der Waals surface area contributed by atoms with Gasteiger partial charge < -0.3 is 19.9 Å². The van der Waals surface area contributed by atoms with E-state index in [1.807, 2.05) is 30.3 Å². The number of anilines is 2. The van der Waals surface area contributed by atoms with Crippen LogP contribution in [0.4, 0.5) is 17.2 Å². The predicted molar refractivity (Wildman–Crippen MR) is 102 cm³/mol. The van der Waals surface area contributed by atoms with Gasteiger partial charge in [0.15, 0.2) is 12.4 Å². The van der Waals surface area contributed by atoms with Crippen LogP contribution < -0.4 is 10.6 Å². The SMILES string of the molecule is O=C(COC(=O)c1ccc(NCc2ccccc2)c([N+](=O)[O-])c1)Nc1ccon1. The third-order valence-electron chi connectivity index (χ3n) is 3.80. The second kappa shape index (κ2) is 9.13. The van der Waals surface area contributed by atoms with Gasteiger partial charge >= 0.3 is 5.97 Å². The van der Waals surface area contributed by atoms with E-state index in [1.165, 1.54) is 24.5 Å². The molecule has 3 rings (SSSR count).